The fraction of sp³-hybridized carbons (Fsp3) is 0.429. The van der Waals surface area contributed by atoms with Gasteiger partial charge in [0.25, 0.3) is 0 Å². The largest absolute Gasteiger partial charge is 0.482 e. The number of nitrogens with one attached hydrogen (secondary N) is 1. The van der Waals surface area contributed by atoms with Gasteiger partial charge in [-0.25, -0.2) is 4.52 Å². The Morgan fingerprint density at radius 2 is 2.12 bits per heavy atom. The Labute approximate surface area is 185 Å². The van der Waals surface area contributed by atoms with Crippen LogP contribution in [0.2, 0.25) is 0 Å². The average Bonchev–Trinajstić information content (AvgIpc) is 3.41. The zero-order valence-electron chi connectivity index (χ0n) is 18.4. The summed E-state index contributed by atoms with van der Waals surface area (Å²) < 4.78 is 7.83. The van der Waals surface area contributed by atoms with Crippen LogP contribution >= 0.6 is 0 Å². The van der Waals surface area contributed by atoms with Gasteiger partial charge in [0.15, 0.2) is 0 Å². The molecular formula is C21H26N10O. The molecule has 0 saturated carbocycles. The van der Waals surface area contributed by atoms with Gasteiger partial charge in [0, 0.05) is 18.8 Å². The van der Waals surface area contributed by atoms with Gasteiger partial charge in [-0.2, -0.15) is 30.5 Å². The first kappa shape index (κ1) is 21.5. The number of aliphatic imine (C=N–C) groups is 1. The molecule has 1 saturated heterocycles. The van der Waals surface area contributed by atoms with E-state index in [2.05, 4.69) is 31.8 Å². The van der Waals surface area contributed by atoms with Gasteiger partial charge in [-0.1, -0.05) is 0 Å². The minimum Gasteiger partial charge on any atom is -0.482 e. The molecule has 11 heteroatoms. The first-order valence-corrected chi connectivity index (χ1v) is 10.5. The fourth-order valence-corrected chi connectivity index (χ4v) is 3.83. The number of aryl methyl sites for hydroxylation is 1. The molecule has 1 fully saturated rings. The second-order valence-electron chi connectivity index (χ2n) is 7.75. The van der Waals surface area contributed by atoms with E-state index >= 15 is 0 Å². The Bertz CT molecular complexity index is 1210. The van der Waals surface area contributed by atoms with Crippen LogP contribution in [0.15, 0.2) is 34.8 Å². The molecule has 3 aromatic rings. The Hall–Kier alpha value is -3.78. The summed E-state index contributed by atoms with van der Waals surface area (Å²) in [6.07, 6.45) is 6.49. The van der Waals surface area contributed by atoms with Crippen LogP contribution in [0.25, 0.3) is 5.52 Å². The molecule has 166 valence electrons. The highest BCUT2D eigenvalue weighted by molar-refractivity contribution is 6.47. The second-order valence-corrected chi connectivity index (χ2v) is 7.75. The minimum atomic E-state index is -0.396. The Balaban J connectivity index is 1.73. The van der Waals surface area contributed by atoms with E-state index in [-0.39, 0.29) is 6.04 Å². The van der Waals surface area contributed by atoms with Crippen molar-refractivity contribution in [3.05, 3.63) is 41.5 Å². The van der Waals surface area contributed by atoms with E-state index in [0.717, 1.165) is 31.6 Å². The predicted molar refractivity (Wildman–Crippen MR) is 120 cm³/mol. The summed E-state index contributed by atoms with van der Waals surface area (Å²) in [6.45, 7) is 5.68. The molecule has 1 atom stereocenters. The molecule has 0 radical (unpaired) electrons. The van der Waals surface area contributed by atoms with Crippen molar-refractivity contribution in [1.29, 1.82) is 5.26 Å². The molecule has 4 heterocycles. The number of piperidine rings is 1. The summed E-state index contributed by atoms with van der Waals surface area (Å²) >= 11 is 0. The van der Waals surface area contributed by atoms with Crippen LogP contribution in [0.1, 0.15) is 49.6 Å². The number of nitrogens with zero attached hydrogens (tertiary/aromatic N) is 8. The number of aromatic nitrogens is 5. The standard InChI is InChI=1S/C21H26N10O/c1-13(27-17-4-6-24-7-5-17)20(28-23)15-8-19(21-16(9-22)10-26-31(21)12-15)32-14(2)18-11-25-30(3)29-18/h8,10-12,14,17,24H,4-7,23H2,1-3H3/b27-13?,28-20+. The summed E-state index contributed by atoms with van der Waals surface area (Å²) in [4.78, 5) is 6.32. The summed E-state index contributed by atoms with van der Waals surface area (Å²) in [5, 5.41) is 29.6. The van der Waals surface area contributed by atoms with Crippen LogP contribution in [0.4, 0.5) is 0 Å². The smallest absolute Gasteiger partial charge is 0.148 e. The zero-order valence-corrected chi connectivity index (χ0v) is 18.4. The molecule has 3 aromatic heterocycles. The highest BCUT2D eigenvalue weighted by atomic mass is 16.5. The molecular weight excluding hydrogens is 408 g/mol. The number of hydrogen-bond acceptors (Lipinski definition) is 9. The van der Waals surface area contributed by atoms with Gasteiger partial charge in [0.1, 0.15) is 40.4 Å². The third-order valence-corrected chi connectivity index (χ3v) is 5.46. The maximum atomic E-state index is 9.55. The van der Waals surface area contributed by atoms with Crippen molar-refractivity contribution in [2.45, 2.75) is 38.8 Å². The van der Waals surface area contributed by atoms with E-state index in [0.29, 0.717) is 33.8 Å². The van der Waals surface area contributed by atoms with Crippen LogP contribution < -0.4 is 15.9 Å². The molecule has 0 spiro atoms. The number of hydrazone groups is 1. The summed E-state index contributed by atoms with van der Waals surface area (Å²) in [5.41, 5.74) is 3.64. The first-order chi connectivity index (χ1) is 15.5. The van der Waals surface area contributed by atoms with Gasteiger partial charge in [-0.3, -0.25) is 4.99 Å². The van der Waals surface area contributed by atoms with Gasteiger partial charge in [-0.05, 0) is 45.8 Å². The molecule has 0 amide bonds. The molecule has 1 aliphatic heterocycles. The number of fused-ring (bicyclic) bond motifs is 1. The molecule has 0 aromatic carbocycles. The van der Waals surface area contributed by atoms with Crippen LogP contribution in [0.3, 0.4) is 0 Å². The zero-order chi connectivity index (χ0) is 22.7. The molecule has 0 bridgehead atoms. The summed E-state index contributed by atoms with van der Waals surface area (Å²) in [5.74, 6) is 6.26. The average molecular weight is 435 g/mol. The third-order valence-electron chi connectivity index (χ3n) is 5.46. The molecule has 3 N–H and O–H groups in total. The number of hydrogen-bond donors (Lipinski definition) is 2. The fourth-order valence-electron chi connectivity index (χ4n) is 3.83. The first-order valence-electron chi connectivity index (χ1n) is 10.5. The highest BCUT2D eigenvalue weighted by Gasteiger charge is 2.20. The van der Waals surface area contributed by atoms with E-state index in [9.17, 15) is 5.26 Å². The Morgan fingerprint density at radius 1 is 1.34 bits per heavy atom. The number of nitrogens with two attached hydrogens (primary N) is 1. The Morgan fingerprint density at radius 3 is 2.78 bits per heavy atom. The lowest BCUT2D eigenvalue weighted by Crippen LogP contribution is -2.31. The maximum Gasteiger partial charge on any atom is 0.148 e. The van der Waals surface area contributed by atoms with Crippen molar-refractivity contribution in [3.8, 4) is 11.8 Å². The third kappa shape index (κ3) is 4.31. The summed E-state index contributed by atoms with van der Waals surface area (Å²) in [6, 6.07) is 4.22. The van der Waals surface area contributed by atoms with E-state index in [1.807, 2.05) is 19.9 Å². The number of rotatable bonds is 6. The van der Waals surface area contributed by atoms with Gasteiger partial charge in [0.05, 0.1) is 24.1 Å². The molecule has 4 rings (SSSR count). The molecule has 32 heavy (non-hydrogen) atoms. The van der Waals surface area contributed by atoms with Crippen molar-refractivity contribution in [1.82, 2.24) is 29.9 Å². The lowest BCUT2D eigenvalue weighted by Gasteiger charge is -2.20. The van der Waals surface area contributed by atoms with E-state index in [4.69, 9.17) is 15.6 Å². The molecule has 0 aliphatic carbocycles. The predicted octanol–water partition coefficient (Wildman–Crippen LogP) is 1.35. The lowest BCUT2D eigenvalue weighted by atomic mass is 10.0. The summed E-state index contributed by atoms with van der Waals surface area (Å²) in [7, 11) is 1.74. The Kier molecular flexibility index (Phi) is 6.13. The second kappa shape index (κ2) is 9.15. The number of pyridine rings is 1. The van der Waals surface area contributed by atoms with Crippen LogP contribution in [0, 0.1) is 11.3 Å². The van der Waals surface area contributed by atoms with Crippen LogP contribution in [0.5, 0.6) is 5.75 Å². The molecule has 1 unspecified atom stereocenters. The highest BCUT2D eigenvalue weighted by Crippen LogP contribution is 2.29. The van der Waals surface area contributed by atoms with Gasteiger partial charge >= 0.3 is 0 Å². The number of ether oxygens (including phenoxy) is 1. The quantitative estimate of drug-likeness (QED) is 0.338. The normalized spacial score (nSPS) is 16.8. The maximum absolute atomic E-state index is 9.55. The van der Waals surface area contributed by atoms with Gasteiger partial charge < -0.3 is 15.9 Å². The topological polar surface area (TPSA) is 144 Å². The SMILES string of the molecule is CC(=NC1CCNCC1)/C(=N\N)c1cc(OC(C)c2cnn(C)n2)c2c(C#N)cnn2c1. The number of nitriles is 1. The van der Waals surface area contributed by atoms with Crippen molar-refractivity contribution >= 4 is 16.9 Å². The van der Waals surface area contributed by atoms with E-state index in [1.165, 1.54) is 11.0 Å². The monoisotopic (exact) mass is 434 g/mol. The van der Waals surface area contributed by atoms with Crippen LogP contribution in [-0.4, -0.2) is 55.2 Å². The van der Waals surface area contributed by atoms with Crippen molar-refractivity contribution < 1.29 is 4.74 Å². The van der Waals surface area contributed by atoms with Gasteiger partial charge in [0.2, 0.25) is 0 Å². The van der Waals surface area contributed by atoms with E-state index < -0.39 is 6.10 Å². The van der Waals surface area contributed by atoms with Crippen LogP contribution in [-0.2, 0) is 7.05 Å². The van der Waals surface area contributed by atoms with Crippen molar-refractivity contribution in [2.24, 2.45) is 23.0 Å². The van der Waals surface area contributed by atoms with E-state index in [1.54, 1.807) is 24.0 Å². The van der Waals surface area contributed by atoms with Crippen molar-refractivity contribution in [3.63, 3.8) is 0 Å². The molecule has 11 nitrogen and oxygen atoms in total. The minimum absolute atomic E-state index is 0.235. The lowest BCUT2D eigenvalue weighted by molar-refractivity contribution is 0.223. The molecule has 1 aliphatic rings. The van der Waals surface area contributed by atoms with Crippen molar-refractivity contribution in [2.75, 3.05) is 13.1 Å². The van der Waals surface area contributed by atoms with Gasteiger partial charge in [-0.15, -0.1) is 0 Å².